The number of nitrogens with one attached hydrogen (secondary N) is 4. The second-order valence-electron chi connectivity index (χ2n) is 13.6. The van der Waals surface area contributed by atoms with Gasteiger partial charge in [-0.15, -0.1) is 0 Å². The van der Waals surface area contributed by atoms with Crippen molar-refractivity contribution in [3.05, 3.63) is 82.7 Å². The summed E-state index contributed by atoms with van der Waals surface area (Å²) < 4.78 is 7.91. The van der Waals surface area contributed by atoms with Crippen molar-refractivity contribution in [3.63, 3.8) is 0 Å². The first-order valence-electron chi connectivity index (χ1n) is 17.5. The molecule has 0 aliphatic carbocycles. The Morgan fingerprint density at radius 1 is 0.961 bits per heavy atom. The van der Waals surface area contributed by atoms with Crippen molar-refractivity contribution in [2.24, 2.45) is 13.0 Å². The lowest BCUT2D eigenvalue weighted by molar-refractivity contribution is -0.138. The molecule has 274 valence electrons. The van der Waals surface area contributed by atoms with E-state index in [1.807, 2.05) is 65.1 Å². The Hall–Kier alpha value is -5.20. The summed E-state index contributed by atoms with van der Waals surface area (Å²) in [6, 6.07) is 13.5. The largest absolute Gasteiger partial charge is 0.491 e. The van der Waals surface area contributed by atoms with Gasteiger partial charge in [0, 0.05) is 39.2 Å². The maximum absolute atomic E-state index is 13.7. The molecule has 0 saturated carbocycles. The summed E-state index contributed by atoms with van der Waals surface area (Å²) in [6.07, 6.45) is 1.14. The first-order valence-corrected chi connectivity index (χ1v) is 17.5. The van der Waals surface area contributed by atoms with Gasteiger partial charge in [-0.1, -0.05) is 56.3 Å². The molecule has 0 unspecified atom stereocenters. The molecule has 3 aromatic rings. The van der Waals surface area contributed by atoms with Crippen LogP contribution in [0.15, 0.2) is 54.6 Å². The number of aryl methyl sites for hydroxylation is 2. The smallest absolute Gasteiger partial charge is 0.255 e. The average molecular weight is 702 g/mol. The number of hydrogen-bond acceptors (Lipinski definition) is 7. The van der Waals surface area contributed by atoms with Gasteiger partial charge >= 0.3 is 0 Å². The number of fused-ring (bicyclic) bond motifs is 1. The van der Waals surface area contributed by atoms with Crippen LogP contribution in [-0.4, -0.2) is 89.1 Å². The van der Waals surface area contributed by atoms with Gasteiger partial charge in [0.15, 0.2) is 0 Å². The van der Waals surface area contributed by atoms with Crippen molar-refractivity contribution in [3.8, 4) is 5.75 Å². The molecular formula is C38H51N7O6. The van der Waals surface area contributed by atoms with Crippen LogP contribution in [0.25, 0.3) is 0 Å². The molecule has 13 nitrogen and oxygen atoms in total. The Kier molecular flexibility index (Phi) is 13.7. The maximum atomic E-state index is 13.7. The molecular weight excluding hydrogens is 650 g/mol. The van der Waals surface area contributed by atoms with Crippen LogP contribution in [0.5, 0.6) is 5.75 Å². The SMILES string of the molecule is Cc1nn(C)c(C)c1CCNC(=O)[C@@H]1CCC(=O)N[C@@H](Cc2ccccc2)C(=O)N(C)CC(=O)N[C@@H](CC(C)C)COc2ccccc2C(=O)N1. The molecule has 5 amide bonds. The van der Waals surface area contributed by atoms with Gasteiger partial charge < -0.3 is 30.9 Å². The highest BCUT2D eigenvalue weighted by Gasteiger charge is 2.29. The van der Waals surface area contributed by atoms with E-state index >= 15 is 0 Å². The Labute approximate surface area is 299 Å². The van der Waals surface area contributed by atoms with E-state index in [1.165, 1.54) is 11.9 Å². The van der Waals surface area contributed by atoms with E-state index in [4.69, 9.17) is 4.74 Å². The predicted octanol–water partition coefficient (Wildman–Crippen LogP) is 2.38. The van der Waals surface area contributed by atoms with E-state index in [9.17, 15) is 24.0 Å². The molecule has 1 aromatic heterocycles. The van der Waals surface area contributed by atoms with Crippen molar-refractivity contribution in [1.82, 2.24) is 35.9 Å². The van der Waals surface area contributed by atoms with Crippen molar-refractivity contribution in [2.75, 3.05) is 26.7 Å². The van der Waals surface area contributed by atoms with Gasteiger partial charge in [-0.25, -0.2) is 0 Å². The third kappa shape index (κ3) is 11.1. The highest BCUT2D eigenvalue weighted by atomic mass is 16.5. The van der Waals surface area contributed by atoms with Crippen LogP contribution in [0.2, 0.25) is 0 Å². The minimum atomic E-state index is -1.06. The molecule has 13 heteroatoms. The molecule has 0 saturated heterocycles. The highest BCUT2D eigenvalue weighted by Crippen LogP contribution is 2.20. The maximum Gasteiger partial charge on any atom is 0.255 e. The number of likely N-dealkylation sites (N-methyl/N-ethyl adjacent to an activating group) is 1. The van der Waals surface area contributed by atoms with Gasteiger partial charge in [-0.2, -0.15) is 5.10 Å². The van der Waals surface area contributed by atoms with Gasteiger partial charge in [0.2, 0.25) is 23.6 Å². The standard InChI is InChI=1S/C38H51N7O6/c1-24(2)20-28-23-51-33-15-11-10-14-30(33)36(48)42-31(37(49)39-19-18-29-25(3)43-45(6)26(29)4)16-17-34(46)41-32(21-27-12-8-7-9-13-27)38(50)44(5)22-35(47)40-28/h7-15,24,28,31-32H,16-23H2,1-6H3,(H,39,49)(H,40,47)(H,41,46)(H,42,48)/t28-,31-,32-/m0/s1. The second-order valence-corrected chi connectivity index (χ2v) is 13.6. The third-order valence-corrected chi connectivity index (χ3v) is 8.98. The molecule has 0 radical (unpaired) electrons. The number of para-hydroxylation sites is 1. The lowest BCUT2D eigenvalue weighted by Gasteiger charge is -2.27. The minimum absolute atomic E-state index is 0.0294. The predicted molar refractivity (Wildman–Crippen MR) is 193 cm³/mol. The highest BCUT2D eigenvalue weighted by molar-refractivity contribution is 6.00. The summed E-state index contributed by atoms with van der Waals surface area (Å²) in [5.41, 5.74) is 3.95. The van der Waals surface area contributed by atoms with Crippen molar-refractivity contribution in [1.29, 1.82) is 0 Å². The van der Waals surface area contributed by atoms with Crippen LogP contribution in [0.1, 0.15) is 66.0 Å². The van der Waals surface area contributed by atoms with Crippen molar-refractivity contribution in [2.45, 2.75) is 77.9 Å². The molecule has 1 aliphatic rings. The topological polar surface area (TPSA) is 164 Å². The van der Waals surface area contributed by atoms with Crippen LogP contribution in [-0.2, 0) is 39.1 Å². The van der Waals surface area contributed by atoms with Crippen LogP contribution in [0.3, 0.4) is 0 Å². The van der Waals surface area contributed by atoms with E-state index in [1.54, 1.807) is 28.9 Å². The van der Waals surface area contributed by atoms with Gasteiger partial charge in [0.05, 0.1) is 23.8 Å². The lowest BCUT2D eigenvalue weighted by Crippen LogP contribution is -2.52. The zero-order valence-electron chi connectivity index (χ0n) is 30.5. The summed E-state index contributed by atoms with van der Waals surface area (Å²) in [5, 5.41) is 16.0. The molecule has 0 bridgehead atoms. The molecule has 3 atom stereocenters. The Morgan fingerprint density at radius 2 is 1.67 bits per heavy atom. The molecule has 2 heterocycles. The van der Waals surface area contributed by atoms with Crippen molar-refractivity contribution < 1.29 is 28.7 Å². The van der Waals surface area contributed by atoms with Gasteiger partial charge in [-0.05, 0) is 62.3 Å². The lowest BCUT2D eigenvalue weighted by atomic mass is 10.0. The summed E-state index contributed by atoms with van der Waals surface area (Å²) in [5.74, 6) is -1.77. The molecule has 0 spiro atoms. The average Bonchev–Trinajstić information content (AvgIpc) is 3.33. The fourth-order valence-corrected chi connectivity index (χ4v) is 6.25. The van der Waals surface area contributed by atoms with Gasteiger partial charge in [0.1, 0.15) is 24.4 Å². The molecule has 4 N–H and O–H groups in total. The number of benzene rings is 2. The monoisotopic (exact) mass is 701 g/mol. The van der Waals surface area contributed by atoms with Gasteiger partial charge in [-0.3, -0.25) is 28.7 Å². The van der Waals surface area contributed by atoms with E-state index in [0.29, 0.717) is 19.4 Å². The number of carbonyl (C=O) groups excluding carboxylic acids is 5. The number of hydrogen-bond donors (Lipinski definition) is 4. The quantitative estimate of drug-likeness (QED) is 0.280. The number of aromatic nitrogens is 2. The fraction of sp³-hybridized carbons (Fsp3) is 0.474. The summed E-state index contributed by atoms with van der Waals surface area (Å²) >= 11 is 0. The number of nitrogens with zero attached hydrogens (tertiary/aromatic N) is 3. The van der Waals surface area contributed by atoms with E-state index in [-0.39, 0.29) is 55.6 Å². The Morgan fingerprint density at radius 3 is 2.35 bits per heavy atom. The number of rotatable bonds is 8. The van der Waals surface area contributed by atoms with E-state index in [0.717, 1.165) is 22.5 Å². The molecule has 51 heavy (non-hydrogen) atoms. The first-order chi connectivity index (χ1) is 24.3. The first kappa shape index (κ1) is 38.6. The molecule has 0 fully saturated rings. The second kappa shape index (κ2) is 18.2. The fourth-order valence-electron chi connectivity index (χ4n) is 6.25. The zero-order valence-corrected chi connectivity index (χ0v) is 30.5. The van der Waals surface area contributed by atoms with Crippen LogP contribution < -0.4 is 26.0 Å². The molecule has 4 rings (SSSR count). The number of carbonyl (C=O) groups is 5. The third-order valence-electron chi connectivity index (χ3n) is 8.98. The van der Waals surface area contributed by atoms with Crippen LogP contribution in [0, 0.1) is 19.8 Å². The molecule has 1 aliphatic heterocycles. The summed E-state index contributed by atoms with van der Waals surface area (Å²) in [7, 11) is 3.39. The molecule has 2 aromatic carbocycles. The number of ether oxygens (including phenoxy) is 1. The van der Waals surface area contributed by atoms with E-state index < -0.39 is 41.8 Å². The Balaban J connectivity index is 1.61. The summed E-state index contributed by atoms with van der Waals surface area (Å²) in [6.45, 7) is 8.08. The van der Waals surface area contributed by atoms with Gasteiger partial charge in [0.25, 0.3) is 5.91 Å². The zero-order chi connectivity index (χ0) is 37.1. The normalized spacial score (nSPS) is 19.6. The van der Waals surface area contributed by atoms with Crippen LogP contribution in [0.4, 0.5) is 0 Å². The van der Waals surface area contributed by atoms with Crippen LogP contribution >= 0.6 is 0 Å². The number of amides is 5. The summed E-state index contributed by atoms with van der Waals surface area (Å²) in [4.78, 5) is 69.0. The van der Waals surface area contributed by atoms with Crippen molar-refractivity contribution >= 4 is 29.5 Å². The minimum Gasteiger partial charge on any atom is -0.491 e. The Bertz CT molecular complexity index is 1690. The van der Waals surface area contributed by atoms with E-state index in [2.05, 4.69) is 26.4 Å².